The number of nitrogens with one attached hydrogen (secondary N) is 2. The molecule has 0 unspecified atom stereocenters. The van der Waals surface area contributed by atoms with Crippen molar-refractivity contribution in [1.29, 1.82) is 0 Å². The van der Waals surface area contributed by atoms with Crippen LogP contribution in [0.5, 0.6) is 5.88 Å². The zero-order valence-corrected chi connectivity index (χ0v) is 16.5. The van der Waals surface area contributed by atoms with Gasteiger partial charge in [-0.15, -0.1) is 0 Å². The average molecular weight is 429 g/mol. The molecule has 0 atom stereocenters. The summed E-state index contributed by atoms with van der Waals surface area (Å²) in [6.45, 7) is 4.68. The molecule has 9 heteroatoms. The lowest BCUT2D eigenvalue weighted by atomic mass is 10.1. The second-order valence-electron chi connectivity index (χ2n) is 5.26. The summed E-state index contributed by atoms with van der Waals surface area (Å²) in [6.07, 6.45) is 2.78. The lowest BCUT2D eigenvalue weighted by Gasteiger charge is -2.15. The standard InChI is InChI=1S/C16H21BrN4O3S/c1-3-9-20-25(22,23)21-15-14(12-5-7-13(17)8-6-12)16(19-11-18-15)24-10-4-2/h5-8,11,20H,3-4,9-10H2,1-2H3,(H,18,19,21). The quantitative estimate of drug-likeness (QED) is 0.638. The van der Waals surface area contributed by atoms with Crippen LogP contribution in [0.4, 0.5) is 5.82 Å². The van der Waals surface area contributed by atoms with Crippen LogP contribution >= 0.6 is 15.9 Å². The van der Waals surface area contributed by atoms with Crippen molar-refractivity contribution in [2.45, 2.75) is 26.7 Å². The third kappa shape index (κ3) is 5.65. The minimum absolute atomic E-state index is 0.173. The number of anilines is 1. The highest BCUT2D eigenvalue weighted by atomic mass is 79.9. The van der Waals surface area contributed by atoms with Crippen LogP contribution in [0.25, 0.3) is 11.1 Å². The molecular formula is C16H21BrN4O3S. The van der Waals surface area contributed by atoms with Crippen molar-refractivity contribution < 1.29 is 13.2 Å². The molecule has 0 aliphatic rings. The van der Waals surface area contributed by atoms with Gasteiger partial charge in [-0.2, -0.15) is 13.1 Å². The van der Waals surface area contributed by atoms with Crippen LogP contribution in [-0.2, 0) is 10.2 Å². The van der Waals surface area contributed by atoms with Gasteiger partial charge in [0.15, 0.2) is 5.82 Å². The van der Waals surface area contributed by atoms with Crippen LogP contribution < -0.4 is 14.2 Å². The summed E-state index contributed by atoms with van der Waals surface area (Å²) in [6, 6.07) is 7.41. The van der Waals surface area contributed by atoms with Crippen molar-refractivity contribution in [1.82, 2.24) is 14.7 Å². The van der Waals surface area contributed by atoms with Crippen LogP contribution in [-0.4, -0.2) is 31.5 Å². The van der Waals surface area contributed by atoms with E-state index in [4.69, 9.17) is 4.74 Å². The SMILES string of the molecule is CCCNS(=O)(=O)Nc1ncnc(OCCC)c1-c1ccc(Br)cc1. The second-order valence-corrected chi connectivity index (χ2v) is 7.67. The van der Waals surface area contributed by atoms with Crippen molar-refractivity contribution in [3.63, 3.8) is 0 Å². The van der Waals surface area contributed by atoms with E-state index in [-0.39, 0.29) is 5.82 Å². The maximum Gasteiger partial charge on any atom is 0.300 e. The maximum absolute atomic E-state index is 12.2. The number of nitrogens with zero attached hydrogens (tertiary/aromatic N) is 2. The highest BCUT2D eigenvalue weighted by Crippen LogP contribution is 2.34. The number of aromatic nitrogens is 2. The molecule has 0 fully saturated rings. The molecule has 25 heavy (non-hydrogen) atoms. The first-order valence-electron chi connectivity index (χ1n) is 7.98. The van der Waals surface area contributed by atoms with Gasteiger partial charge in [-0.3, -0.25) is 4.72 Å². The third-order valence-corrected chi connectivity index (χ3v) is 4.74. The van der Waals surface area contributed by atoms with Gasteiger partial charge in [-0.25, -0.2) is 9.97 Å². The van der Waals surface area contributed by atoms with Crippen LogP contribution in [0, 0.1) is 0 Å². The smallest absolute Gasteiger partial charge is 0.300 e. The summed E-state index contributed by atoms with van der Waals surface area (Å²) < 4.78 is 35.9. The Morgan fingerprint density at radius 1 is 1.12 bits per heavy atom. The molecule has 1 aromatic heterocycles. The molecule has 0 spiro atoms. The van der Waals surface area contributed by atoms with E-state index >= 15 is 0 Å². The van der Waals surface area contributed by atoms with E-state index in [2.05, 4.69) is 35.3 Å². The predicted octanol–water partition coefficient (Wildman–Crippen LogP) is 3.35. The molecule has 136 valence electrons. The Morgan fingerprint density at radius 3 is 2.48 bits per heavy atom. The van der Waals surface area contributed by atoms with E-state index in [1.54, 1.807) is 0 Å². The number of hydrogen-bond donors (Lipinski definition) is 2. The van der Waals surface area contributed by atoms with Gasteiger partial charge in [-0.1, -0.05) is 41.9 Å². The van der Waals surface area contributed by atoms with E-state index < -0.39 is 10.2 Å². The first-order valence-corrected chi connectivity index (χ1v) is 10.3. The molecule has 0 saturated carbocycles. The minimum atomic E-state index is -3.73. The molecule has 2 aromatic rings. The first kappa shape index (κ1) is 19.6. The average Bonchev–Trinajstić information content (AvgIpc) is 2.59. The lowest BCUT2D eigenvalue weighted by molar-refractivity contribution is 0.306. The summed E-state index contributed by atoms with van der Waals surface area (Å²) in [5.41, 5.74) is 1.26. The minimum Gasteiger partial charge on any atom is -0.477 e. The first-order chi connectivity index (χ1) is 12.0. The fourth-order valence-corrected chi connectivity index (χ4v) is 3.25. The van der Waals surface area contributed by atoms with Gasteiger partial charge >= 0.3 is 0 Å². The molecule has 1 heterocycles. The summed E-state index contributed by atoms with van der Waals surface area (Å²) in [4.78, 5) is 8.27. The van der Waals surface area contributed by atoms with Crippen LogP contribution in [0.2, 0.25) is 0 Å². The van der Waals surface area contributed by atoms with Crippen molar-refractivity contribution in [2.75, 3.05) is 17.9 Å². The van der Waals surface area contributed by atoms with Crippen molar-refractivity contribution in [3.05, 3.63) is 35.1 Å². The fraction of sp³-hybridized carbons (Fsp3) is 0.375. The summed E-state index contributed by atoms with van der Waals surface area (Å²) in [5.74, 6) is 0.513. The van der Waals surface area contributed by atoms with Crippen molar-refractivity contribution in [2.24, 2.45) is 0 Å². The van der Waals surface area contributed by atoms with Crippen LogP contribution in [0.1, 0.15) is 26.7 Å². The number of ether oxygens (including phenoxy) is 1. The molecule has 0 aliphatic carbocycles. The lowest BCUT2D eigenvalue weighted by Crippen LogP contribution is -2.31. The predicted molar refractivity (Wildman–Crippen MR) is 102 cm³/mol. The van der Waals surface area contributed by atoms with Crippen molar-refractivity contribution in [3.8, 4) is 17.0 Å². The molecule has 1 aromatic carbocycles. The zero-order valence-electron chi connectivity index (χ0n) is 14.1. The van der Waals surface area contributed by atoms with Crippen LogP contribution in [0.15, 0.2) is 35.1 Å². The van der Waals surface area contributed by atoms with Gasteiger partial charge < -0.3 is 4.74 Å². The van der Waals surface area contributed by atoms with E-state index in [0.29, 0.717) is 31.0 Å². The van der Waals surface area contributed by atoms with Gasteiger partial charge in [0.25, 0.3) is 10.2 Å². The summed E-state index contributed by atoms with van der Waals surface area (Å²) in [5, 5.41) is 0. The molecule has 2 N–H and O–H groups in total. The van der Waals surface area contributed by atoms with Gasteiger partial charge in [-0.05, 0) is 30.5 Å². The molecule has 0 amide bonds. The Bertz CT molecular complexity index is 798. The number of rotatable bonds is 9. The monoisotopic (exact) mass is 428 g/mol. The highest BCUT2D eigenvalue weighted by molar-refractivity contribution is 9.10. The van der Waals surface area contributed by atoms with Crippen molar-refractivity contribution >= 4 is 32.0 Å². The molecular weight excluding hydrogens is 408 g/mol. The Kier molecular flexibility index (Phi) is 7.15. The zero-order chi connectivity index (χ0) is 18.3. The topological polar surface area (TPSA) is 93.2 Å². The Hall–Kier alpha value is -1.71. The number of halogens is 1. The highest BCUT2D eigenvalue weighted by Gasteiger charge is 2.19. The normalized spacial score (nSPS) is 11.3. The molecule has 2 rings (SSSR count). The van der Waals surface area contributed by atoms with E-state index in [1.165, 1.54) is 6.33 Å². The maximum atomic E-state index is 12.2. The second kappa shape index (κ2) is 9.12. The van der Waals surface area contributed by atoms with Gasteiger partial charge in [0.2, 0.25) is 5.88 Å². The fourth-order valence-electron chi connectivity index (χ4n) is 2.03. The summed E-state index contributed by atoms with van der Waals surface area (Å²) >= 11 is 3.39. The van der Waals surface area contributed by atoms with E-state index in [9.17, 15) is 8.42 Å². The van der Waals surface area contributed by atoms with E-state index in [1.807, 2.05) is 38.1 Å². The molecule has 0 radical (unpaired) electrons. The van der Waals surface area contributed by atoms with Gasteiger partial charge in [0.05, 0.1) is 12.2 Å². The number of hydrogen-bond acceptors (Lipinski definition) is 5. The largest absolute Gasteiger partial charge is 0.477 e. The Labute approximate surface area is 156 Å². The van der Waals surface area contributed by atoms with E-state index in [0.717, 1.165) is 16.5 Å². The Balaban J connectivity index is 2.46. The van der Waals surface area contributed by atoms with Gasteiger partial charge in [0, 0.05) is 11.0 Å². The molecule has 0 saturated heterocycles. The number of benzene rings is 1. The molecule has 7 nitrogen and oxygen atoms in total. The molecule has 0 bridgehead atoms. The van der Waals surface area contributed by atoms with Crippen LogP contribution in [0.3, 0.4) is 0 Å². The molecule has 0 aliphatic heterocycles. The Morgan fingerprint density at radius 2 is 1.84 bits per heavy atom. The van der Waals surface area contributed by atoms with Gasteiger partial charge in [0.1, 0.15) is 6.33 Å². The third-order valence-electron chi connectivity index (χ3n) is 3.16. The summed E-state index contributed by atoms with van der Waals surface area (Å²) in [7, 11) is -3.73.